The van der Waals surface area contributed by atoms with Crippen molar-refractivity contribution in [1.82, 2.24) is 5.32 Å². The normalized spacial score (nSPS) is 11.1. The number of carbonyl (C=O) groups excluding carboxylic acids is 1. The molecule has 0 saturated carbocycles. The van der Waals surface area contributed by atoms with Crippen molar-refractivity contribution in [1.29, 1.82) is 0 Å². The lowest BCUT2D eigenvalue weighted by Crippen LogP contribution is -2.41. The second-order valence-corrected chi connectivity index (χ2v) is 9.19. The molecular formula is C25H27FN2O4S. The first kappa shape index (κ1) is 24.3. The highest BCUT2D eigenvalue weighted by Gasteiger charge is 2.27. The van der Waals surface area contributed by atoms with Crippen molar-refractivity contribution < 1.29 is 22.3 Å². The molecule has 3 aromatic rings. The number of halogens is 1. The Morgan fingerprint density at radius 1 is 0.970 bits per heavy atom. The fourth-order valence-electron chi connectivity index (χ4n) is 3.28. The standard InChI is InChI=1S/C25H27FN2O4S/c1-2-32-23-14-12-22(13-15-23)28(33(30,31)24-16-10-21(26)11-17-24)19-25(29)27-18-6-9-20-7-4-3-5-8-20/h3-5,7-8,10-17H,2,6,9,18-19H2,1H3,(H,27,29). The van der Waals surface area contributed by atoms with Crippen molar-refractivity contribution >= 4 is 21.6 Å². The average Bonchev–Trinajstić information content (AvgIpc) is 2.82. The molecule has 0 aliphatic heterocycles. The molecule has 0 unspecified atom stereocenters. The van der Waals surface area contributed by atoms with Crippen LogP contribution in [0.25, 0.3) is 0 Å². The maximum atomic E-state index is 13.3. The summed E-state index contributed by atoms with van der Waals surface area (Å²) in [5.74, 6) is -0.383. The number of nitrogens with one attached hydrogen (secondary N) is 1. The third-order valence-corrected chi connectivity index (χ3v) is 6.72. The van der Waals surface area contributed by atoms with Crippen LogP contribution in [0.4, 0.5) is 10.1 Å². The van der Waals surface area contributed by atoms with E-state index in [-0.39, 0.29) is 4.90 Å². The van der Waals surface area contributed by atoms with Gasteiger partial charge in [0.25, 0.3) is 10.0 Å². The second kappa shape index (κ2) is 11.5. The maximum Gasteiger partial charge on any atom is 0.264 e. The van der Waals surface area contributed by atoms with Crippen LogP contribution in [0.15, 0.2) is 83.8 Å². The SMILES string of the molecule is CCOc1ccc(N(CC(=O)NCCCc2ccccc2)S(=O)(=O)c2ccc(F)cc2)cc1. The van der Waals surface area contributed by atoms with Crippen LogP contribution >= 0.6 is 0 Å². The first-order valence-electron chi connectivity index (χ1n) is 10.7. The Labute approximate surface area is 194 Å². The summed E-state index contributed by atoms with van der Waals surface area (Å²) in [5, 5.41) is 2.79. The van der Waals surface area contributed by atoms with Crippen LogP contribution in [-0.2, 0) is 21.2 Å². The first-order chi connectivity index (χ1) is 15.9. The number of carbonyl (C=O) groups is 1. The van der Waals surface area contributed by atoms with Crippen LogP contribution in [0, 0.1) is 5.82 Å². The minimum Gasteiger partial charge on any atom is -0.494 e. The fourth-order valence-corrected chi connectivity index (χ4v) is 4.70. The quantitative estimate of drug-likeness (QED) is 0.427. The second-order valence-electron chi connectivity index (χ2n) is 7.33. The van der Waals surface area contributed by atoms with Gasteiger partial charge in [0.15, 0.2) is 0 Å². The van der Waals surface area contributed by atoms with E-state index < -0.39 is 28.3 Å². The molecule has 0 aromatic heterocycles. The molecule has 0 atom stereocenters. The van der Waals surface area contributed by atoms with Crippen molar-refractivity contribution in [3.63, 3.8) is 0 Å². The summed E-state index contributed by atoms with van der Waals surface area (Å²) in [6, 6.07) is 20.9. The zero-order valence-electron chi connectivity index (χ0n) is 18.4. The van der Waals surface area contributed by atoms with Crippen molar-refractivity contribution in [2.45, 2.75) is 24.7 Å². The summed E-state index contributed by atoms with van der Waals surface area (Å²) < 4.78 is 46.4. The zero-order chi connectivity index (χ0) is 23.7. The molecule has 0 bridgehead atoms. The highest BCUT2D eigenvalue weighted by atomic mass is 32.2. The van der Waals surface area contributed by atoms with Crippen molar-refractivity contribution in [2.75, 3.05) is 24.0 Å². The van der Waals surface area contributed by atoms with E-state index in [1.165, 1.54) is 17.7 Å². The number of aryl methyl sites for hydroxylation is 1. The number of anilines is 1. The van der Waals surface area contributed by atoms with Gasteiger partial charge in [-0.05, 0) is 73.9 Å². The van der Waals surface area contributed by atoms with Gasteiger partial charge in [0.2, 0.25) is 5.91 Å². The molecule has 1 amide bonds. The molecule has 3 aromatic carbocycles. The summed E-state index contributed by atoms with van der Waals surface area (Å²) >= 11 is 0. The number of ether oxygens (including phenoxy) is 1. The van der Waals surface area contributed by atoms with E-state index in [1.54, 1.807) is 24.3 Å². The monoisotopic (exact) mass is 470 g/mol. The highest BCUT2D eigenvalue weighted by molar-refractivity contribution is 7.92. The third kappa shape index (κ3) is 6.79. The van der Waals surface area contributed by atoms with Gasteiger partial charge in [-0.1, -0.05) is 30.3 Å². The van der Waals surface area contributed by atoms with E-state index in [9.17, 15) is 17.6 Å². The summed E-state index contributed by atoms with van der Waals surface area (Å²) in [4.78, 5) is 12.5. The molecule has 6 nitrogen and oxygen atoms in total. The van der Waals surface area contributed by atoms with E-state index >= 15 is 0 Å². The maximum absolute atomic E-state index is 13.3. The van der Waals surface area contributed by atoms with Gasteiger partial charge in [-0.15, -0.1) is 0 Å². The highest BCUT2D eigenvalue weighted by Crippen LogP contribution is 2.26. The van der Waals surface area contributed by atoms with Crippen molar-refractivity contribution in [2.24, 2.45) is 0 Å². The number of hydrogen-bond donors (Lipinski definition) is 1. The molecule has 0 radical (unpaired) electrons. The van der Waals surface area contributed by atoms with Crippen LogP contribution < -0.4 is 14.4 Å². The Kier molecular flexibility index (Phi) is 8.43. The lowest BCUT2D eigenvalue weighted by Gasteiger charge is -2.24. The molecule has 0 aliphatic rings. The van der Waals surface area contributed by atoms with E-state index in [4.69, 9.17) is 4.74 Å². The number of hydrogen-bond acceptors (Lipinski definition) is 4. The molecular weight excluding hydrogens is 443 g/mol. The number of rotatable bonds is 11. The van der Waals surface area contributed by atoms with Gasteiger partial charge in [0.1, 0.15) is 18.1 Å². The van der Waals surface area contributed by atoms with Gasteiger partial charge >= 0.3 is 0 Å². The summed E-state index contributed by atoms with van der Waals surface area (Å²) in [6.07, 6.45) is 1.53. The van der Waals surface area contributed by atoms with E-state index in [0.29, 0.717) is 24.6 Å². The lowest BCUT2D eigenvalue weighted by molar-refractivity contribution is -0.119. The van der Waals surface area contributed by atoms with Crippen molar-refractivity contribution in [3.8, 4) is 5.75 Å². The molecule has 0 heterocycles. The Balaban J connectivity index is 1.73. The van der Waals surface area contributed by atoms with Gasteiger partial charge in [-0.3, -0.25) is 9.10 Å². The van der Waals surface area contributed by atoms with Gasteiger partial charge in [-0.25, -0.2) is 12.8 Å². The minimum absolute atomic E-state index is 0.102. The van der Waals surface area contributed by atoms with Gasteiger partial charge in [-0.2, -0.15) is 0 Å². The molecule has 0 fully saturated rings. The molecule has 33 heavy (non-hydrogen) atoms. The number of benzene rings is 3. The molecule has 0 aliphatic carbocycles. The third-order valence-electron chi connectivity index (χ3n) is 4.93. The van der Waals surface area contributed by atoms with E-state index in [1.807, 2.05) is 37.3 Å². The van der Waals surface area contributed by atoms with E-state index in [2.05, 4.69) is 5.32 Å². The molecule has 0 spiro atoms. The summed E-state index contributed by atoms with van der Waals surface area (Å²) in [6.45, 7) is 2.34. The topological polar surface area (TPSA) is 75.7 Å². The molecule has 174 valence electrons. The number of nitrogens with zero attached hydrogens (tertiary/aromatic N) is 1. The van der Waals surface area contributed by atoms with Gasteiger partial charge in [0, 0.05) is 6.54 Å². The molecule has 0 saturated heterocycles. The number of sulfonamides is 1. The van der Waals surface area contributed by atoms with Crippen LogP contribution in [0.2, 0.25) is 0 Å². The van der Waals surface area contributed by atoms with Crippen molar-refractivity contribution in [3.05, 3.63) is 90.2 Å². The fraction of sp³-hybridized carbons (Fsp3) is 0.240. The van der Waals surface area contributed by atoms with Crippen LogP contribution in [-0.4, -0.2) is 34.0 Å². The molecule has 1 N–H and O–H groups in total. The summed E-state index contributed by atoms with van der Waals surface area (Å²) in [5.41, 5.74) is 1.48. The van der Waals surface area contributed by atoms with Crippen LogP contribution in [0.5, 0.6) is 5.75 Å². The van der Waals surface area contributed by atoms with Gasteiger partial charge in [0.05, 0.1) is 17.2 Å². The Hall–Kier alpha value is -3.39. The van der Waals surface area contributed by atoms with Gasteiger partial charge < -0.3 is 10.1 Å². The lowest BCUT2D eigenvalue weighted by atomic mass is 10.1. The average molecular weight is 471 g/mol. The predicted octanol–water partition coefficient (Wildman–Crippen LogP) is 4.17. The first-order valence-corrected chi connectivity index (χ1v) is 12.2. The largest absolute Gasteiger partial charge is 0.494 e. The molecule has 8 heteroatoms. The number of amides is 1. The zero-order valence-corrected chi connectivity index (χ0v) is 19.2. The minimum atomic E-state index is -4.10. The van der Waals surface area contributed by atoms with Crippen LogP contribution in [0.1, 0.15) is 18.9 Å². The molecule has 3 rings (SSSR count). The Morgan fingerprint density at radius 2 is 1.64 bits per heavy atom. The Morgan fingerprint density at radius 3 is 2.27 bits per heavy atom. The predicted molar refractivity (Wildman–Crippen MR) is 126 cm³/mol. The van der Waals surface area contributed by atoms with Crippen LogP contribution in [0.3, 0.4) is 0 Å². The summed E-state index contributed by atoms with van der Waals surface area (Å²) in [7, 11) is -4.10. The Bertz CT molecular complexity index is 1140. The van der Waals surface area contributed by atoms with E-state index in [0.717, 1.165) is 29.3 Å². The smallest absolute Gasteiger partial charge is 0.264 e.